The molecular weight excluding hydrogens is 316 g/mol. The van der Waals surface area contributed by atoms with Gasteiger partial charge in [0.15, 0.2) is 0 Å². The molecule has 0 radical (unpaired) electrons. The van der Waals surface area contributed by atoms with Gasteiger partial charge in [-0.25, -0.2) is 0 Å². The molecule has 0 unspecified atom stereocenters. The van der Waals surface area contributed by atoms with Crippen molar-refractivity contribution in [3.63, 3.8) is 0 Å². The Balaban J connectivity index is 1.61. The number of nitro benzene ring substituents is 1. The quantitative estimate of drug-likeness (QED) is 0.315. The van der Waals surface area contributed by atoms with Crippen molar-refractivity contribution in [2.45, 2.75) is 37.9 Å². The summed E-state index contributed by atoms with van der Waals surface area (Å²) in [5, 5.41) is 10.6. The van der Waals surface area contributed by atoms with Crippen LogP contribution in [0.5, 0.6) is 0 Å². The standard InChI is InChI=1S/C16H20N2O4S/c19-15-4-3-5-16(20)17(15)10-1-2-11-23-12-13-6-8-14(9-7-13)18(21)22/h6-9H,1-5,10-12H2. The molecule has 7 heteroatoms. The zero-order valence-electron chi connectivity index (χ0n) is 12.9. The third-order valence-electron chi connectivity index (χ3n) is 3.72. The van der Waals surface area contributed by atoms with Gasteiger partial charge in [0.25, 0.3) is 5.69 Å². The minimum atomic E-state index is -0.403. The van der Waals surface area contributed by atoms with Crippen molar-refractivity contribution in [1.29, 1.82) is 0 Å². The molecule has 124 valence electrons. The highest BCUT2D eigenvalue weighted by atomic mass is 32.2. The van der Waals surface area contributed by atoms with E-state index in [-0.39, 0.29) is 17.5 Å². The van der Waals surface area contributed by atoms with E-state index in [4.69, 9.17) is 0 Å². The van der Waals surface area contributed by atoms with Gasteiger partial charge in [0.05, 0.1) is 4.92 Å². The summed E-state index contributed by atoms with van der Waals surface area (Å²) in [6.45, 7) is 0.524. The SMILES string of the molecule is O=C1CCCC(=O)N1CCCCSCc1ccc([N+](=O)[O-])cc1. The number of carbonyl (C=O) groups is 2. The molecule has 0 N–H and O–H groups in total. The van der Waals surface area contributed by atoms with Gasteiger partial charge in [0.2, 0.25) is 11.8 Å². The minimum absolute atomic E-state index is 0.0419. The molecule has 0 spiro atoms. The van der Waals surface area contributed by atoms with Gasteiger partial charge in [-0.2, -0.15) is 11.8 Å². The molecule has 1 heterocycles. The molecule has 1 saturated heterocycles. The van der Waals surface area contributed by atoms with Crippen LogP contribution in [0.1, 0.15) is 37.7 Å². The van der Waals surface area contributed by atoms with E-state index in [0.29, 0.717) is 25.8 Å². The van der Waals surface area contributed by atoms with Crippen LogP contribution in [0.15, 0.2) is 24.3 Å². The number of unbranched alkanes of at least 4 members (excludes halogenated alkanes) is 1. The number of rotatable bonds is 8. The Labute approximate surface area is 139 Å². The van der Waals surface area contributed by atoms with Gasteiger partial charge < -0.3 is 0 Å². The minimum Gasteiger partial charge on any atom is -0.283 e. The molecule has 6 nitrogen and oxygen atoms in total. The van der Waals surface area contributed by atoms with E-state index in [1.165, 1.54) is 17.0 Å². The van der Waals surface area contributed by atoms with E-state index in [9.17, 15) is 19.7 Å². The first-order chi connectivity index (χ1) is 11.1. The van der Waals surface area contributed by atoms with Crippen molar-refractivity contribution in [2.75, 3.05) is 12.3 Å². The normalized spacial score (nSPS) is 15.0. The van der Waals surface area contributed by atoms with Gasteiger partial charge in [0, 0.05) is 37.3 Å². The van der Waals surface area contributed by atoms with Crippen LogP contribution in [-0.2, 0) is 15.3 Å². The molecular formula is C16H20N2O4S. The Morgan fingerprint density at radius 1 is 1.09 bits per heavy atom. The fourth-order valence-electron chi connectivity index (χ4n) is 2.43. The van der Waals surface area contributed by atoms with Crippen LogP contribution in [0.2, 0.25) is 0 Å². The summed E-state index contributed by atoms with van der Waals surface area (Å²) in [7, 11) is 0. The maximum Gasteiger partial charge on any atom is 0.269 e. The number of non-ortho nitro benzene ring substituents is 1. The number of imide groups is 1. The number of piperidine rings is 1. The summed E-state index contributed by atoms with van der Waals surface area (Å²) in [6, 6.07) is 6.58. The Morgan fingerprint density at radius 3 is 2.35 bits per heavy atom. The van der Waals surface area contributed by atoms with Crippen LogP contribution < -0.4 is 0 Å². The second-order valence-electron chi connectivity index (χ2n) is 5.48. The second kappa shape index (κ2) is 8.67. The molecule has 2 rings (SSSR count). The maximum atomic E-state index is 11.6. The van der Waals surface area contributed by atoms with Gasteiger partial charge in [0.1, 0.15) is 0 Å². The number of carbonyl (C=O) groups excluding carboxylic acids is 2. The molecule has 1 aliphatic rings. The Hall–Kier alpha value is -1.89. The topological polar surface area (TPSA) is 80.5 Å². The highest BCUT2D eigenvalue weighted by molar-refractivity contribution is 7.98. The summed E-state index contributed by atoms with van der Waals surface area (Å²) in [5.74, 6) is 1.66. The molecule has 0 atom stereocenters. The molecule has 1 fully saturated rings. The molecule has 1 aliphatic heterocycles. The zero-order valence-corrected chi connectivity index (χ0v) is 13.7. The van der Waals surface area contributed by atoms with Crippen molar-refractivity contribution in [3.8, 4) is 0 Å². The third kappa shape index (κ3) is 5.35. The second-order valence-corrected chi connectivity index (χ2v) is 6.58. The zero-order chi connectivity index (χ0) is 16.7. The number of hydrogen-bond acceptors (Lipinski definition) is 5. The molecule has 0 bridgehead atoms. The van der Waals surface area contributed by atoms with Crippen LogP contribution in [0.3, 0.4) is 0 Å². The first-order valence-electron chi connectivity index (χ1n) is 7.72. The number of benzene rings is 1. The summed E-state index contributed by atoms with van der Waals surface area (Å²) >= 11 is 1.75. The maximum absolute atomic E-state index is 11.6. The van der Waals surface area contributed by atoms with E-state index in [2.05, 4.69) is 0 Å². The largest absolute Gasteiger partial charge is 0.283 e. The Kier molecular flexibility index (Phi) is 6.58. The first-order valence-corrected chi connectivity index (χ1v) is 8.87. The van der Waals surface area contributed by atoms with E-state index in [1.807, 2.05) is 0 Å². The summed E-state index contributed by atoms with van der Waals surface area (Å²) in [4.78, 5) is 34.8. The van der Waals surface area contributed by atoms with E-state index in [0.717, 1.165) is 29.9 Å². The number of thioether (sulfide) groups is 1. The van der Waals surface area contributed by atoms with Crippen molar-refractivity contribution >= 4 is 29.3 Å². The highest BCUT2D eigenvalue weighted by Crippen LogP contribution is 2.18. The molecule has 2 amide bonds. The lowest BCUT2D eigenvalue weighted by Crippen LogP contribution is -2.40. The van der Waals surface area contributed by atoms with Crippen LogP contribution in [0, 0.1) is 10.1 Å². The average Bonchev–Trinajstić information content (AvgIpc) is 2.53. The first kappa shape index (κ1) is 17.5. The Bertz CT molecular complexity index is 558. The van der Waals surface area contributed by atoms with Gasteiger partial charge in [-0.15, -0.1) is 0 Å². The molecule has 23 heavy (non-hydrogen) atoms. The van der Waals surface area contributed by atoms with Crippen LogP contribution in [-0.4, -0.2) is 33.9 Å². The number of nitrogens with zero attached hydrogens (tertiary/aromatic N) is 2. The van der Waals surface area contributed by atoms with Crippen LogP contribution >= 0.6 is 11.8 Å². The fraction of sp³-hybridized carbons (Fsp3) is 0.500. The van der Waals surface area contributed by atoms with E-state index in [1.54, 1.807) is 23.9 Å². The summed E-state index contributed by atoms with van der Waals surface area (Å²) < 4.78 is 0. The van der Waals surface area contributed by atoms with E-state index >= 15 is 0 Å². The molecule has 1 aromatic rings. The van der Waals surface area contributed by atoms with Crippen LogP contribution in [0.4, 0.5) is 5.69 Å². The van der Waals surface area contributed by atoms with Crippen molar-refractivity contribution in [3.05, 3.63) is 39.9 Å². The predicted octanol–water partition coefficient (Wildman–Crippen LogP) is 3.15. The summed E-state index contributed by atoms with van der Waals surface area (Å²) in [5.41, 5.74) is 1.16. The van der Waals surface area contributed by atoms with Gasteiger partial charge in [-0.05, 0) is 30.6 Å². The van der Waals surface area contributed by atoms with Crippen molar-refractivity contribution in [1.82, 2.24) is 4.90 Å². The molecule has 0 aliphatic carbocycles. The number of amides is 2. The summed E-state index contributed by atoms with van der Waals surface area (Å²) in [6.07, 6.45) is 3.42. The molecule has 1 aromatic carbocycles. The third-order valence-corrected chi connectivity index (χ3v) is 4.83. The number of nitro groups is 1. The van der Waals surface area contributed by atoms with Crippen molar-refractivity contribution in [2.24, 2.45) is 0 Å². The highest BCUT2D eigenvalue weighted by Gasteiger charge is 2.24. The lowest BCUT2D eigenvalue weighted by atomic mass is 10.1. The van der Waals surface area contributed by atoms with Crippen molar-refractivity contribution < 1.29 is 14.5 Å². The monoisotopic (exact) mass is 336 g/mol. The fourth-order valence-corrected chi connectivity index (χ4v) is 3.41. The smallest absolute Gasteiger partial charge is 0.269 e. The van der Waals surface area contributed by atoms with Gasteiger partial charge >= 0.3 is 0 Å². The Morgan fingerprint density at radius 2 is 1.74 bits per heavy atom. The lowest BCUT2D eigenvalue weighted by molar-refractivity contribution is -0.384. The predicted molar refractivity (Wildman–Crippen MR) is 89.1 cm³/mol. The average molecular weight is 336 g/mol. The van der Waals surface area contributed by atoms with Gasteiger partial charge in [-0.3, -0.25) is 24.6 Å². The lowest BCUT2D eigenvalue weighted by Gasteiger charge is -2.24. The number of hydrogen-bond donors (Lipinski definition) is 0. The van der Waals surface area contributed by atoms with E-state index < -0.39 is 4.92 Å². The van der Waals surface area contributed by atoms with Gasteiger partial charge in [-0.1, -0.05) is 12.1 Å². The van der Waals surface area contributed by atoms with Crippen LogP contribution in [0.25, 0.3) is 0 Å². The molecule has 0 aromatic heterocycles. The number of likely N-dealkylation sites (tertiary alicyclic amines) is 1. The molecule has 0 saturated carbocycles.